The Balaban J connectivity index is 2.27. The van der Waals surface area contributed by atoms with Crippen LogP contribution in [-0.2, 0) is 9.31 Å². The van der Waals surface area contributed by atoms with Crippen molar-refractivity contribution in [1.29, 1.82) is 0 Å². The maximum atomic E-state index is 6.22. The van der Waals surface area contributed by atoms with E-state index in [1.807, 2.05) is 52.1 Å². The van der Waals surface area contributed by atoms with Crippen LogP contribution in [0.3, 0.4) is 0 Å². The third-order valence-corrected chi connectivity index (χ3v) is 4.92. The fourth-order valence-corrected chi connectivity index (χ4v) is 2.69. The Bertz CT molecular complexity index is 446. The summed E-state index contributed by atoms with van der Waals surface area (Å²) in [6.45, 7) is 8.19. The molecule has 0 spiro atoms. The third kappa shape index (κ3) is 2.44. The summed E-state index contributed by atoms with van der Waals surface area (Å²) in [5, 5.41) is 0.745. The van der Waals surface area contributed by atoms with Crippen LogP contribution in [0.5, 0.6) is 0 Å². The van der Waals surface area contributed by atoms with E-state index in [2.05, 4.69) is 0 Å². The lowest BCUT2D eigenvalue weighted by molar-refractivity contribution is 0.00578. The van der Waals surface area contributed by atoms with Crippen LogP contribution in [0.2, 0.25) is 5.02 Å². The first-order valence-corrected chi connectivity index (χ1v) is 7.56. The highest BCUT2D eigenvalue weighted by Gasteiger charge is 2.51. The highest BCUT2D eigenvalue weighted by Crippen LogP contribution is 2.36. The fraction of sp³-hybridized carbons (Fsp3) is 0.538. The molecule has 98 valence electrons. The summed E-state index contributed by atoms with van der Waals surface area (Å²) in [7, 11) is -0.344. The molecule has 2 nitrogen and oxygen atoms in total. The molecule has 1 fully saturated rings. The molecule has 0 bridgehead atoms. The van der Waals surface area contributed by atoms with E-state index in [1.165, 1.54) is 0 Å². The smallest absolute Gasteiger partial charge is 0.399 e. The minimum atomic E-state index is -0.344. The molecule has 0 unspecified atom stereocenters. The zero-order valence-electron chi connectivity index (χ0n) is 11.4. The van der Waals surface area contributed by atoms with Gasteiger partial charge in [-0.2, -0.15) is 0 Å². The lowest BCUT2D eigenvalue weighted by Gasteiger charge is -2.32. The largest absolute Gasteiger partial charge is 0.494 e. The van der Waals surface area contributed by atoms with Crippen LogP contribution >= 0.6 is 23.4 Å². The van der Waals surface area contributed by atoms with Crippen LogP contribution in [0.4, 0.5) is 0 Å². The third-order valence-electron chi connectivity index (χ3n) is 3.70. The highest BCUT2D eigenvalue weighted by molar-refractivity contribution is 7.98. The maximum Gasteiger partial charge on any atom is 0.494 e. The molecule has 0 atom stereocenters. The molecular formula is C13H18BClO2S. The topological polar surface area (TPSA) is 18.5 Å². The summed E-state index contributed by atoms with van der Waals surface area (Å²) in [6.07, 6.45) is 2.01. The molecule has 5 heteroatoms. The molecule has 1 aliphatic heterocycles. The fourth-order valence-electron chi connectivity index (χ4n) is 1.81. The molecule has 1 heterocycles. The van der Waals surface area contributed by atoms with Gasteiger partial charge in [0.05, 0.1) is 16.2 Å². The number of hydrogen-bond acceptors (Lipinski definition) is 3. The number of thioether (sulfide) groups is 1. The van der Waals surface area contributed by atoms with E-state index in [4.69, 9.17) is 20.9 Å². The van der Waals surface area contributed by atoms with Gasteiger partial charge in [-0.3, -0.25) is 0 Å². The van der Waals surface area contributed by atoms with Gasteiger partial charge in [0.15, 0.2) is 0 Å². The van der Waals surface area contributed by atoms with Crippen LogP contribution in [0, 0.1) is 0 Å². The predicted molar refractivity (Wildman–Crippen MR) is 78.9 cm³/mol. The second-order valence-corrected chi connectivity index (χ2v) is 6.74. The molecule has 1 aliphatic rings. The van der Waals surface area contributed by atoms with Gasteiger partial charge in [0, 0.05) is 4.90 Å². The van der Waals surface area contributed by atoms with Gasteiger partial charge in [0.2, 0.25) is 0 Å². The van der Waals surface area contributed by atoms with Gasteiger partial charge in [-0.1, -0.05) is 17.7 Å². The minimum absolute atomic E-state index is 0.317. The molecule has 0 radical (unpaired) electrons. The average molecular weight is 285 g/mol. The quantitative estimate of drug-likeness (QED) is 0.613. The van der Waals surface area contributed by atoms with Gasteiger partial charge >= 0.3 is 7.12 Å². The lowest BCUT2D eigenvalue weighted by Crippen LogP contribution is -2.41. The van der Waals surface area contributed by atoms with Crippen LogP contribution in [0.15, 0.2) is 23.1 Å². The zero-order chi connectivity index (χ0) is 13.6. The maximum absolute atomic E-state index is 6.22. The van der Waals surface area contributed by atoms with Crippen molar-refractivity contribution in [2.24, 2.45) is 0 Å². The molecule has 0 saturated carbocycles. The molecule has 0 aromatic heterocycles. The minimum Gasteiger partial charge on any atom is -0.399 e. The van der Waals surface area contributed by atoms with Crippen molar-refractivity contribution in [1.82, 2.24) is 0 Å². The Labute approximate surface area is 119 Å². The first-order valence-electron chi connectivity index (χ1n) is 5.96. The lowest BCUT2D eigenvalue weighted by atomic mass is 9.79. The molecular weight excluding hydrogens is 266 g/mol. The second kappa shape index (κ2) is 4.75. The summed E-state index contributed by atoms with van der Waals surface area (Å²) in [5.41, 5.74) is 0.335. The first kappa shape index (κ1) is 14.3. The predicted octanol–water partition coefficient (Wildman–Crippen LogP) is 3.36. The number of benzene rings is 1. The van der Waals surface area contributed by atoms with E-state index in [0.717, 1.165) is 15.4 Å². The SMILES string of the molecule is CSc1ccc(B2OC(C)(C)C(C)(C)O2)cc1Cl. The first-order chi connectivity index (χ1) is 8.27. The second-order valence-electron chi connectivity index (χ2n) is 5.48. The van der Waals surface area contributed by atoms with E-state index in [-0.39, 0.29) is 18.3 Å². The Morgan fingerprint density at radius 3 is 2.11 bits per heavy atom. The van der Waals surface area contributed by atoms with Crippen molar-refractivity contribution in [2.75, 3.05) is 6.26 Å². The Morgan fingerprint density at radius 2 is 1.67 bits per heavy atom. The normalized spacial score (nSPS) is 21.3. The van der Waals surface area contributed by atoms with E-state index in [9.17, 15) is 0 Å². The van der Waals surface area contributed by atoms with Crippen LogP contribution in [0.1, 0.15) is 27.7 Å². The van der Waals surface area contributed by atoms with Gasteiger partial charge in [-0.05, 0) is 51.5 Å². The average Bonchev–Trinajstić information content (AvgIpc) is 2.48. The summed E-state index contributed by atoms with van der Waals surface area (Å²) in [5.74, 6) is 0. The summed E-state index contributed by atoms with van der Waals surface area (Å²) in [6, 6.07) is 5.95. The molecule has 2 rings (SSSR count). The summed E-state index contributed by atoms with van der Waals surface area (Å²) < 4.78 is 12.0. The van der Waals surface area contributed by atoms with E-state index in [1.54, 1.807) is 11.8 Å². The Morgan fingerprint density at radius 1 is 1.11 bits per heavy atom. The van der Waals surface area contributed by atoms with Crippen molar-refractivity contribution in [3.05, 3.63) is 23.2 Å². The van der Waals surface area contributed by atoms with Crippen molar-refractivity contribution in [3.8, 4) is 0 Å². The molecule has 1 aromatic carbocycles. The highest BCUT2D eigenvalue weighted by atomic mass is 35.5. The molecule has 1 saturated heterocycles. The number of hydrogen-bond donors (Lipinski definition) is 0. The van der Waals surface area contributed by atoms with Gasteiger partial charge in [0.25, 0.3) is 0 Å². The summed E-state index contributed by atoms with van der Waals surface area (Å²) >= 11 is 7.85. The van der Waals surface area contributed by atoms with Crippen molar-refractivity contribution in [3.63, 3.8) is 0 Å². The van der Waals surface area contributed by atoms with Gasteiger partial charge < -0.3 is 9.31 Å². The van der Waals surface area contributed by atoms with Crippen molar-refractivity contribution in [2.45, 2.75) is 43.8 Å². The molecule has 0 aliphatic carbocycles. The van der Waals surface area contributed by atoms with E-state index < -0.39 is 0 Å². The van der Waals surface area contributed by atoms with Crippen LogP contribution in [0.25, 0.3) is 0 Å². The van der Waals surface area contributed by atoms with Gasteiger partial charge in [-0.25, -0.2) is 0 Å². The van der Waals surface area contributed by atoms with Crippen LogP contribution in [-0.4, -0.2) is 24.6 Å². The van der Waals surface area contributed by atoms with Crippen molar-refractivity contribution >= 4 is 35.9 Å². The molecule has 0 amide bonds. The summed E-state index contributed by atoms with van der Waals surface area (Å²) in [4.78, 5) is 1.07. The van der Waals surface area contributed by atoms with E-state index >= 15 is 0 Å². The van der Waals surface area contributed by atoms with Gasteiger partial charge in [-0.15, -0.1) is 11.8 Å². The standard InChI is InChI=1S/C13H18BClO2S/c1-12(2)13(3,4)17-14(16-12)9-6-7-11(18-5)10(15)8-9/h6-8H,1-5H3. The Kier molecular flexibility index (Phi) is 3.76. The molecule has 1 aromatic rings. The van der Waals surface area contributed by atoms with Crippen LogP contribution < -0.4 is 5.46 Å². The number of rotatable bonds is 2. The molecule has 0 N–H and O–H groups in total. The van der Waals surface area contributed by atoms with E-state index in [0.29, 0.717) is 0 Å². The Hall–Kier alpha value is -0.155. The monoisotopic (exact) mass is 284 g/mol. The van der Waals surface area contributed by atoms with Crippen molar-refractivity contribution < 1.29 is 9.31 Å². The van der Waals surface area contributed by atoms with Gasteiger partial charge in [0.1, 0.15) is 0 Å². The molecule has 18 heavy (non-hydrogen) atoms. The number of halogens is 1. The zero-order valence-corrected chi connectivity index (χ0v) is 13.0.